The molecule has 0 saturated carbocycles. The van der Waals surface area contributed by atoms with Crippen molar-refractivity contribution in [1.82, 2.24) is 4.98 Å². The summed E-state index contributed by atoms with van der Waals surface area (Å²) in [6, 6.07) is 0. The Morgan fingerprint density at radius 2 is 1.72 bits per heavy atom. The lowest BCUT2D eigenvalue weighted by molar-refractivity contribution is -0.276. The largest absolute Gasteiger partial charge is 0.573 e. The van der Waals surface area contributed by atoms with Crippen LogP contribution >= 0.6 is 0 Å². The fourth-order valence-electron chi connectivity index (χ4n) is 1.13. The molecule has 1 rings (SSSR count). The molecule has 2 N–H and O–H groups in total. The minimum Gasteiger partial charge on any atom is -0.403 e. The molecule has 3 nitrogen and oxygen atoms in total. The molecule has 10 heteroatoms. The molecule has 0 aliphatic heterocycles. The van der Waals surface area contributed by atoms with E-state index >= 15 is 0 Å². The molecule has 1 aromatic heterocycles. The maximum absolute atomic E-state index is 13.0. The van der Waals surface area contributed by atoms with Gasteiger partial charge in [-0.1, -0.05) is 0 Å². The number of hydrogen-bond acceptors (Lipinski definition) is 3. The third-order valence-electron chi connectivity index (χ3n) is 1.77. The number of alkyl halides is 6. The third-order valence-corrected chi connectivity index (χ3v) is 1.77. The van der Waals surface area contributed by atoms with E-state index in [1.807, 2.05) is 0 Å². The van der Waals surface area contributed by atoms with Crippen LogP contribution in [-0.4, -0.2) is 11.3 Å². The molecule has 18 heavy (non-hydrogen) atoms. The Labute approximate surface area is 95.4 Å². The van der Waals surface area contributed by atoms with Crippen molar-refractivity contribution in [2.24, 2.45) is 5.73 Å². The van der Waals surface area contributed by atoms with E-state index in [1.54, 1.807) is 0 Å². The average Bonchev–Trinajstić information content (AvgIpc) is 2.13. The van der Waals surface area contributed by atoms with E-state index in [9.17, 15) is 30.7 Å². The normalized spacial score (nSPS) is 12.7. The Hall–Kier alpha value is -1.58. The van der Waals surface area contributed by atoms with Crippen LogP contribution in [0.25, 0.3) is 0 Å². The second-order valence-corrected chi connectivity index (χ2v) is 3.01. The summed E-state index contributed by atoms with van der Waals surface area (Å²) in [5.74, 6) is -3.18. The summed E-state index contributed by atoms with van der Waals surface area (Å²) in [4.78, 5) is 2.56. The van der Waals surface area contributed by atoms with Crippen molar-refractivity contribution in [2.45, 2.75) is 19.1 Å². The van der Waals surface area contributed by atoms with Crippen molar-refractivity contribution in [3.8, 4) is 5.75 Å². The highest BCUT2D eigenvalue weighted by atomic mass is 19.4. The monoisotopic (exact) mass is 278 g/mol. The molecule has 1 heterocycles. The van der Waals surface area contributed by atoms with Gasteiger partial charge < -0.3 is 10.5 Å². The zero-order valence-electron chi connectivity index (χ0n) is 8.36. The topological polar surface area (TPSA) is 48.1 Å². The fraction of sp³-hybridized carbons (Fsp3) is 0.375. The summed E-state index contributed by atoms with van der Waals surface area (Å²) >= 11 is 0. The highest BCUT2D eigenvalue weighted by Gasteiger charge is 2.42. The lowest BCUT2D eigenvalue weighted by Crippen LogP contribution is -2.23. The van der Waals surface area contributed by atoms with Crippen LogP contribution in [0.5, 0.6) is 5.75 Å². The van der Waals surface area contributed by atoms with Crippen LogP contribution in [0.1, 0.15) is 11.3 Å². The highest BCUT2D eigenvalue weighted by molar-refractivity contribution is 5.39. The van der Waals surface area contributed by atoms with Gasteiger partial charge in [-0.15, -0.1) is 13.2 Å². The van der Waals surface area contributed by atoms with Gasteiger partial charge in [0.1, 0.15) is 5.82 Å². The first-order valence-electron chi connectivity index (χ1n) is 4.26. The fourth-order valence-corrected chi connectivity index (χ4v) is 1.13. The van der Waals surface area contributed by atoms with E-state index in [0.29, 0.717) is 0 Å². The number of ether oxygens (including phenoxy) is 1. The van der Waals surface area contributed by atoms with E-state index in [1.165, 1.54) is 0 Å². The first-order valence-corrected chi connectivity index (χ1v) is 4.26. The second kappa shape index (κ2) is 4.59. The average molecular weight is 278 g/mol. The van der Waals surface area contributed by atoms with Crippen molar-refractivity contribution in [3.05, 3.63) is 23.3 Å². The van der Waals surface area contributed by atoms with E-state index in [0.717, 1.165) is 0 Å². The first-order chi connectivity index (χ1) is 8.06. The quantitative estimate of drug-likeness (QED) is 0.846. The van der Waals surface area contributed by atoms with Crippen molar-refractivity contribution in [3.63, 3.8) is 0 Å². The van der Waals surface area contributed by atoms with Gasteiger partial charge in [-0.2, -0.15) is 13.2 Å². The molecular formula is C8H5F7N2O. The van der Waals surface area contributed by atoms with Gasteiger partial charge in [-0.05, 0) is 0 Å². The molecule has 0 aromatic carbocycles. The number of pyridine rings is 1. The van der Waals surface area contributed by atoms with E-state index in [-0.39, 0.29) is 6.20 Å². The predicted octanol–water partition coefficient (Wildman–Crippen LogP) is 2.60. The number of halogens is 7. The van der Waals surface area contributed by atoms with Crippen LogP contribution in [0.4, 0.5) is 30.7 Å². The number of aromatic nitrogens is 1. The molecule has 0 fully saturated rings. The standard InChI is InChI=1S/C8H5F7N2O/c9-4-2-17-6(7(10,11)12)5(3(4)1-16)18-8(13,14)15/h2H,1,16H2. The molecule has 102 valence electrons. The molecule has 0 aliphatic carbocycles. The molecule has 0 atom stereocenters. The lowest BCUT2D eigenvalue weighted by atomic mass is 10.2. The molecule has 0 saturated heterocycles. The van der Waals surface area contributed by atoms with Gasteiger partial charge in [0.15, 0.2) is 11.4 Å². The number of nitrogens with zero attached hydrogens (tertiary/aromatic N) is 1. The Morgan fingerprint density at radius 1 is 1.17 bits per heavy atom. The Morgan fingerprint density at radius 3 is 2.11 bits per heavy atom. The zero-order chi connectivity index (χ0) is 14.1. The predicted molar refractivity (Wildman–Crippen MR) is 43.8 cm³/mol. The highest BCUT2D eigenvalue weighted by Crippen LogP contribution is 2.39. The van der Waals surface area contributed by atoms with Crippen LogP contribution < -0.4 is 10.5 Å². The second-order valence-electron chi connectivity index (χ2n) is 3.01. The zero-order valence-corrected chi connectivity index (χ0v) is 8.36. The first kappa shape index (κ1) is 14.5. The SMILES string of the molecule is NCc1c(F)cnc(C(F)(F)F)c1OC(F)(F)F. The van der Waals surface area contributed by atoms with Gasteiger partial charge in [0.05, 0.1) is 6.20 Å². The number of hydrogen-bond donors (Lipinski definition) is 1. The third kappa shape index (κ3) is 3.22. The minimum atomic E-state index is -5.42. The Balaban J connectivity index is 3.45. The summed E-state index contributed by atoms with van der Waals surface area (Å²) in [6.45, 7) is -0.900. The van der Waals surface area contributed by atoms with Gasteiger partial charge >= 0.3 is 12.5 Å². The summed E-state index contributed by atoms with van der Waals surface area (Å²) in [6.07, 6.45) is -10.5. The maximum atomic E-state index is 13.0. The molecule has 0 aliphatic rings. The van der Waals surface area contributed by atoms with Crippen LogP contribution in [0.3, 0.4) is 0 Å². The van der Waals surface area contributed by atoms with Crippen LogP contribution in [0, 0.1) is 5.82 Å². The molecule has 0 bridgehead atoms. The molecule has 0 spiro atoms. The molecule has 0 radical (unpaired) electrons. The minimum absolute atomic E-state index is 0.133. The van der Waals surface area contributed by atoms with Gasteiger partial charge in [0.25, 0.3) is 0 Å². The van der Waals surface area contributed by atoms with E-state index in [4.69, 9.17) is 5.73 Å². The van der Waals surface area contributed by atoms with Crippen molar-refractivity contribution >= 4 is 0 Å². The van der Waals surface area contributed by atoms with Gasteiger partial charge in [0, 0.05) is 12.1 Å². The molecule has 1 aromatic rings. The summed E-state index contributed by atoms with van der Waals surface area (Å²) in [7, 11) is 0. The molecular weight excluding hydrogens is 273 g/mol. The Kier molecular flexibility index (Phi) is 3.70. The number of nitrogens with two attached hydrogens (primary N) is 1. The Bertz CT molecular complexity index is 440. The maximum Gasteiger partial charge on any atom is 0.573 e. The van der Waals surface area contributed by atoms with Crippen LogP contribution in [-0.2, 0) is 12.7 Å². The van der Waals surface area contributed by atoms with Crippen LogP contribution in [0.15, 0.2) is 6.20 Å². The van der Waals surface area contributed by atoms with Crippen LogP contribution in [0.2, 0.25) is 0 Å². The van der Waals surface area contributed by atoms with E-state index in [2.05, 4.69) is 9.72 Å². The number of rotatable bonds is 2. The van der Waals surface area contributed by atoms with Crippen molar-refractivity contribution < 1.29 is 35.5 Å². The van der Waals surface area contributed by atoms with E-state index < -0.39 is 41.9 Å². The molecule has 0 unspecified atom stereocenters. The summed E-state index contributed by atoms with van der Waals surface area (Å²) < 4.78 is 89.3. The molecule has 0 amide bonds. The van der Waals surface area contributed by atoms with Crippen molar-refractivity contribution in [1.29, 1.82) is 0 Å². The smallest absolute Gasteiger partial charge is 0.403 e. The van der Waals surface area contributed by atoms with Gasteiger partial charge in [-0.3, -0.25) is 0 Å². The lowest BCUT2D eigenvalue weighted by Gasteiger charge is -2.17. The van der Waals surface area contributed by atoms with Gasteiger partial charge in [0.2, 0.25) is 0 Å². The van der Waals surface area contributed by atoms with Gasteiger partial charge in [-0.25, -0.2) is 9.37 Å². The van der Waals surface area contributed by atoms with Crippen molar-refractivity contribution in [2.75, 3.05) is 0 Å². The summed E-state index contributed by atoms with van der Waals surface area (Å²) in [5, 5.41) is 0. The summed E-state index contributed by atoms with van der Waals surface area (Å²) in [5.41, 5.74) is 1.87.